The molecule has 0 aromatic heterocycles. The van der Waals surface area contributed by atoms with Crippen molar-refractivity contribution in [2.75, 3.05) is 33.4 Å². The molecule has 1 unspecified atom stereocenters. The minimum atomic E-state index is -0.700. The van der Waals surface area contributed by atoms with Crippen LogP contribution < -0.4 is 9.47 Å². The number of aliphatic hydroxyl groups is 1. The smallest absolute Gasteiger partial charge is 0.128 e. The fourth-order valence-electron chi connectivity index (χ4n) is 3.72. The molecule has 3 rings (SSSR count). The van der Waals surface area contributed by atoms with Gasteiger partial charge in [0.1, 0.15) is 30.0 Å². The Morgan fingerprint density at radius 1 is 1.24 bits per heavy atom. The van der Waals surface area contributed by atoms with Crippen LogP contribution in [-0.2, 0) is 4.74 Å². The Morgan fingerprint density at radius 2 is 1.97 bits per heavy atom. The van der Waals surface area contributed by atoms with E-state index in [1.165, 1.54) is 19.2 Å². The first kappa shape index (κ1) is 21.8. The average molecular weight is 424 g/mol. The van der Waals surface area contributed by atoms with Crippen molar-refractivity contribution in [3.05, 3.63) is 47.2 Å². The summed E-state index contributed by atoms with van der Waals surface area (Å²) in [6, 6.07) is 9.62. The van der Waals surface area contributed by atoms with Gasteiger partial charge < -0.3 is 19.3 Å². The molecule has 5 nitrogen and oxygen atoms in total. The second kappa shape index (κ2) is 9.76. The molecule has 2 aromatic rings. The number of benzene rings is 2. The van der Waals surface area contributed by atoms with Gasteiger partial charge in [-0.1, -0.05) is 17.7 Å². The van der Waals surface area contributed by atoms with E-state index in [9.17, 15) is 9.50 Å². The van der Waals surface area contributed by atoms with Gasteiger partial charge in [0.05, 0.1) is 24.3 Å². The van der Waals surface area contributed by atoms with Gasteiger partial charge in [0, 0.05) is 31.3 Å². The fraction of sp³-hybridized carbons (Fsp3) is 0.455. The summed E-state index contributed by atoms with van der Waals surface area (Å²) < 4.78 is 31.0. The van der Waals surface area contributed by atoms with Gasteiger partial charge >= 0.3 is 0 Å². The highest BCUT2D eigenvalue weighted by Gasteiger charge is 2.24. The van der Waals surface area contributed by atoms with Crippen molar-refractivity contribution in [1.82, 2.24) is 4.90 Å². The third-order valence-corrected chi connectivity index (χ3v) is 5.08. The van der Waals surface area contributed by atoms with Crippen LogP contribution in [0.1, 0.15) is 13.8 Å². The molecule has 1 N–H and O–H groups in total. The van der Waals surface area contributed by atoms with Gasteiger partial charge in [-0.2, -0.15) is 0 Å². The van der Waals surface area contributed by atoms with Crippen molar-refractivity contribution in [3.63, 3.8) is 0 Å². The van der Waals surface area contributed by atoms with Gasteiger partial charge in [-0.25, -0.2) is 4.39 Å². The van der Waals surface area contributed by atoms with E-state index in [0.717, 1.165) is 13.1 Å². The Kier molecular flexibility index (Phi) is 7.35. The van der Waals surface area contributed by atoms with Gasteiger partial charge in [-0.3, -0.25) is 4.90 Å². The second-order valence-corrected chi connectivity index (χ2v) is 7.84. The first-order chi connectivity index (χ1) is 13.9. The Morgan fingerprint density at radius 3 is 2.66 bits per heavy atom. The summed E-state index contributed by atoms with van der Waals surface area (Å²) in [5.74, 6) is 0.416. The number of morpholine rings is 1. The molecule has 29 heavy (non-hydrogen) atoms. The lowest BCUT2D eigenvalue weighted by Gasteiger charge is -2.36. The molecule has 1 aliphatic heterocycles. The van der Waals surface area contributed by atoms with Crippen molar-refractivity contribution >= 4 is 11.6 Å². The summed E-state index contributed by atoms with van der Waals surface area (Å²) in [4.78, 5) is 2.15. The van der Waals surface area contributed by atoms with Crippen LogP contribution in [0.25, 0.3) is 11.1 Å². The largest absolute Gasteiger partial charge is 0.496 e. The molecular formula is C22H27ClFNO4. The number of hydrogen-bond donors (Lipinski definition) is 1. The predicted octanol–water partition coefficient (Wildman–Crippen LogP) is 4.00. The Bertz CT molecular complexity index is 824. The van der Waals surface area contributed by atoms with Crippen LogP contribution in [0, 0.1) is 5.82 Å². The van der Waals surface area contributed by atoms with Crippen LogP contribution in [0.15, 0.2) is 36.4 Å². The van der Waals surface area contributed by atoms with Crippen LogP contribution in [0.4, 0.5) is 4.39 Å². The molecule has 1 heterocycles. The maximum absolute atomic E-state index is 14.2. The summed E-state index contributed by atoms with van der Waals surface area (Å²) in [5.41, 5.74) is 1.14. The predicted molar refractivity (Wildman–Crippen MR) is 111 cm³/mol. The van der Waals surface area contributed by atoms with E-state index in [4.69, 9.17) is 25.8 Å². The zero-order chi connectivity index (χ0) is 21.0. The van der Waals surface area contributed by atoms with Crippen molar-refractivity contribution in [2.24, 2.45) is 0 Å². The van der Waals surface area contributed by atoms with E-state index in [1.807, 2.05) is 13.8 Å². The Labute approximate surface area is 175 Å². The third-order valence-electron chi connectivity index (χ3n) is 4.76. The molecule has 2 aromatic carbocycles. The molecule has 0 saturated carbocycles. The number of rotatable bonds is 7. The number of halogens is 2. The molecule has 0 aliphatic carbocycles. The zero-order valence-corrected chi connectivity index (χ0v) is 17.7. The van der Waals surface area contributed by atoms with Gasteiger partial charge in [-0.05, 0) is 43.7 Å². The Balaban J connectivity index is 1.68. The molecular weight excluding hydrogens is 397 g/mol. The normalized spacial score (nSPS) is 21.0. The first-order valence-corrected chi connectivity index (χ1v) is 10.1. The molecule has 0 bridgehead atoms. The molecule has 0 radical (unpaired) electrons. The Hall–Kier alpha value is -1.86. The first-order valence-electron chi connectivity index (χ1n) is 9.68. The van der Waals surface area contributed by atoms with E-state index < -0.39 is 11.9 Å². The number of β-amino-alcohol motifs (C(OH)–C–C–N with tert-alkyl or cyclic N) is 1. The molecule has 158 valence electrons. The average Bonchev–Trinajstić information content (AvgIpc) is 2.64. The molecule has 3 atom stereocenters. The quantitative estimate of drug-likeness (QED) is 0.729. The van der Waals surface area contributed by atoms with E-state index in [1.54, 1.807) is 24.3 Å². The summed E-state index contributed by atoms with van der Waals surface area (Å²) >= 11 is 6.31. The van der Waals surface area contributed by atoms with E-state index in [-0.39, 0.29) is 18.8 Å². The third kappa shape index (κ3) is 5.82. The highest BCUT2D eigenvalue weighted by atomic mass is 35.5. The van der Waals surface area contributed by atoms with E-state index in [0.29, 0.717) is 34.2 Å². The lowest BCUT2D eigenvalue weighted by Crippen LogP contribution is -2.48. The minimum absolute atomic E-state index is 0.0582. The lowest BCUT2D eigenvalue weighted by molar-refractivity contribution is -0.0786. The van der Waals surface area contributed by atoms with Crippen molar-refractivity contribution in [2.45, 2.75) is 32.2 Å². The van der Waals surface area contributed by atoms with Crippen LogP contribution in [0.2, 0.25) is 5.02 Å². The molecule has 7 heteroatoms. The van der Waals surface area contributed by atoms with Gasteiger partial charge in [0.2, 0.25) is 0 Å². The van der Waals surface area contributed by atoms with Crippen LogP contribution in [0.5, 0.6) is 11.5 Å². The van der Waals surface area contributed by atoms with Gasteiger partial charge in [0.15, 0.2) is 0 Å². The molecule has 0 spiro atoms. The maximum Gasteiger partial charge on any atom is 0.128 e. The van der Waals surface area contributed by atoms with E-state index >= 15 is 0 Å². The lowest BCUT2D eigenvalue weighted by atomic mass is 10.0. The van der Waals surface area contributed by atoms with Crippen molar-refractivity contribution in [3.8, 4) is 22.6 Å². The van der Waals surface area contributed by atoms with Gasteiger partial charge in [0.25, 0.3) is 0 Å². The number of nitrogens with zero attached hydrogens (tertiary/aromatic N) is 1. The number of aliphatic hydroxyl groups excluding tert-OH is 1. The van der Waals surface area contributed by atoms with Crippen LogP contribution >= 0.6 is 11.6 Å². The van der Waals surface area contributed by atoms with Crippen molar-refractivity contribution < 1.29 is 23.7 Å². The van der Waals surface area contributed by atoms with Crippen LogP contribution in [-0.4, -0.2) is 61.7 Å². The monoisotopic (exact) mass is 423 g/mol. The summed E-state index contributed by atoms with van der Waals surface area (Å²) in [6.07, 6.45) is -0.444. The number of hydrogen-bond acceptors (Lipinski definition) is 5. The topological polar surface area (TPSA) is 51.2 Å². The fourth-order valence-corrected chi connectivity index (χ4v) is 4.00. The second-order valence-electron chi connectivity index (χ2n) is 7.43. The highest BCUT2D eigenvalue weighted by molar-refractivity contribution is 6.33. The SMILES string of the molecule is COc1cccc(Cl)c1-c1cc(F)cc(OCC(O)CN2C[C@@H](C)O[C@@H](C)C2)c1. The van der Waals surface area contributed by atoms with Crippen molar-refractivity contribution in [1.29, 1.82) is 0 Å². The van der Waals surface area contributed by atoms with Gasteiger partial charge in [-0.15, -0.1) is 0 Å². The molecule has 1 fully saturated rings. The van der Waals surface area contributed by atoms with Crippen LogP contribution in [0.3, 0.4) is 0 Å². The molecule has 1 saturated heterocycles. The standard InChI is InChI=1S/C22H27ClFNO4/c1-14-10-25(11-15(2)29-14)12-18(26)13-28-19-8-16(7-17(24)9-19)22-20(23)5-4-6-21(22)27-3/h4-9,14-15,18,26H,10-13H2,1-3H3/t14-,15+,18?. The molecule has 0 amide bonds. The summed E-state index contributed by atoms with van der Waals surface area (Å²) in [7, 11) is 1.54. The number of methoxy groups -OCH3 is 1. The van der Waals surface area contributed by atoms with E-state index in [2.05, 4.69) is 4.90 Å². The highest BCUT2D eigenvalue weighted by Crippen LogP contribution is 2.38. The summed E-state index contributed by atoms with van der Waals surface area (Å²) in [5, 5.41) is 10.8. The molecule has 1 aliphatic rings. The summed E-state index contributed by atoms with van der Waals surface area (Å²) in [6.45, 7) is 6.09. The minimum Gasteiger partial charge on any atom is -0.496 e. The number of ether oxygens (including phenoxy) is 3. The zero-order valence-electron chi connectivity index (χ0n) is 16.9. The maximum atomic E-state index is 14.2.